The lowest BCUT2D eigenvalue weighted by Gasteiger charge is -2.04. The number of halogens is 1. The molecular formula is C10H11BrN2O2S. The van der Waals surface area contributed by atoms with Crippen LogP contribution in [0.1, 0.15) is 0 Å². The SMILES string of the molecule is CNC(=O)NC(=O)CSc1ccccc1Br. The van der Waals surface area contributed by atoms with Gasteiger partial charge in [-0.2, -0.15) is 0 Å². The summed E-state index contributed by atoms with van der Waals surface area (Å²) in [5.74, 6) is -0.115. The minimum Gasteiger partial charge on any atom is -0.341 e. The maximum Gasteiger partial charge on any atom is 0.321 e. The number of hydrogen-bond acceptors (Lipinski definition) is 3. The third-order valence-corrected chi connectivity index (χ3v) is 3.70. The molecule has 2 N–H and O–H groups in total. The van der Waals surface area contributed by atoms with Gasteiger partial charge in [0.25, 0.3) is 0 Å². The lowest BCUT2D eigenvalue weighted by molar-refractivity contribution is -0.117. The molecule has 0 unspecified atom stereocenters. The third kappa shape index (κ3) is 4.24. The van der Waals surface area contributed by atoms with E-state index in [-0.39, 0.29) is 11.7 Å². The molecule has 6 heteroatoms. The predicted molar refractivity (Wildman–Crippen MR) is 67.5 cm³/mol. The van der Waals surface area contributed by atoms with Gasteiger partial charge in [-0.25, -0.2) is 4.79 Å². The van der Waals surface area contributed by atoms with Crippen LogP contribution in [-0.4, -0.2) is 24.7 Å². The van der Waals surface area contributed by atoms with E-state index in [1.807, 2.05) is 24.3 Å². The molecule has 0 bridgehead atoms. The molecule has 3 amide bonds. The summed E-state index contributed by atoms with van der Waals surface area (Å²) in [6.45, 7) is 0. The van der Waals surface area contributed by atoms with E-state index < -0.39 is 6.03 Å². The van der Waals surface area contributed by atoms with Crippen LogP contribution in [0.25, 0.3) is 0 Å². The van der Waals surface area contributed by atoms with Gasteiger partial charge in [0, 0.05) is 16.4 Å². The number of thioether (sulfide) groups is 1. The number of carbonyl (C=O) groups is 2. The third-order valence-electron chi connectivity index (χ3n) is 1.68. The quantitative estimate of drug-likeness (QED) is 0.840. The molecule has 0 aliphatic carbocycles. The van der Waals surface area contributed by atoms with Crippen molar-refractivity contribution in [3.05, 3.63) is 28.7 Å². The van der Waals surface area contributed by atoms with E-state index in [9.17, 15) is 9.59 Å². The van der Waals surface area contributed by atoms with Gasteiger partial charge in [-0.3, -0.25) is 10.1 Å². The van der Waals surface area contributed by atoms with E-state index in [1.165, 1.54) is 18.8 Å². The van der Waals surface area contributed by atoms with Gasteiger partial charge in [0.1, 0.15) is 0 Å². The number of urea groups is 1. The Bertz CT molecular complexity index is 398. The molecule has 4 nitrogen and oxygen atoms in total. The Morgan fingerprint density at radius 3 is 2.69 bits per heavy atom. The zero-order chi connectivity index (χ0) is 12.0. The van der Waals surface area contributed by atoms with E-state index >= 15 is 0 Å². The van der Waals surface area contributed by atoms with Crippen LogP contribution >= 0.6 is 27.7 Å². The van der Waals surface area contributed by atoms with Gasteiger partial charge >= 0.3 is 6.03 Å². The van der Waals surface area contributed by atoms with Gasteiger partial charge in [-0.15, -0.1) is 11.8 Å². The van der Waals surface area contributed by atoms with Crippen molar-refractivity contribution in [3.8, 4) is 0 Å². The summed E-state index contributed by atoms with van der Waals surface area (Å²) < 4.78 is 0.938. The van der Waals surface area contributed by atoms with Crippen molar-refractivity contribution in [2.45, 2.75) is 4.90 Å². The van der Waals surface area contributed by atoms with Gasteiger partial charge in [-0.05, 0) is 28.1 Å². The van der Waals surface area contributed by atoms with Crippen LogP contribution in [0.5, 0.6) is 0 Å². The van der Waals surface area contributed by atoms with Crippen LogP contribution in [0.15, 0.2) is 33.6 Å². The molecule has 0 fully saturated rings. The molecule has 1 rings (SSSR count). The molecule has 0 saturated heterocycles. The zero-order valence-corrected chi connectivity index (χ0v) is 11.0. The van der Waals surface area contributed by atoms with E-state index in [4.69, 9.17) is 0 Å². The average molecular weight is 303 g/mol. The van der Waals surface area contributed by atoms with Crippen molar-refractivity contribution in [1.29, 1.82) is 0 Å². The summed E-state index contributed by atoms with van der Waals surface area (Å²) in [7, 11) is 1.46. The molecule has 86 valence electrons. The molecule has 0 atom stereocenters. The Hall–Kier alpha value is -1.01. The Balaban J connectivity index is 2.43. The lowest BCUT2D eigenvalue weighted by Crippen LogP contribution is -2.38. The fourth-order valence-electron chi connectivity index (χ4n) is 0.930. The number of rotatable bonds is 3. The summed E-state index contributed by atoms with van der Waals surface area (Å²) in [6.07, 6.45) is 0. The van der Waals surface area contributed by atoms with E-state index in [1.54, 1.807) is 0 Å². The summed E-state index contributed by atoms with van der Waals surface area (Å²) in [5.41, 5.74) is 0. The van der Waals surface area contributed by atoms with Gasteiger partial charge < -0.3 is 5.32 Å². The number of benzene rings is 1. The normalized spacial score (nSPS) is 9.62. The minimum atomic E-state index is -0.488. The first-order chi connectivity index (χ1) is 7.63. The van der Waals surface area contributed by atoms with E-state index in [2.05, 4.69) is 26.6 Å². The summed E-state index contributed by atoms with van der Waals surface area (Å²) in [5, 5.41) is 4.51. The standard InChI is InChI=1S/C10H11BrN2O2S/c1-12-10(15)13-9(14)6-16-8-5-3-2-4-7(8)11/h2-5H,6H2,1H3,(H2,12,13,14,15). The molecule has 0 spiro atoms. The summed E-state index contributed by atoms with van der Waals surface area (Å²) in [6, 6.07) is 7.11. The average Bonchev–Trinajstić information content (AvgIpc) is 2.28. The van der Waals surface area contributed by atoms with E-state index in [0.717, 1.165) is 9.37 Å². The molecule has 1 aromatic rings. The van der Waals surface area contributed by atoms with Crippen molar-refractivity contribution in [2.24, 2.45) is 0 Å². The smallest absolute Gasteiger partial charge is 0.321 e. The molecule has 1 aromatic carbocycles. The van der Waals surface area contributed by atoms with Gasteiger partial charge in [0.05, 0.1) is 5.75 Å². The molecule has 0 heterocycles. The fraction of sp³-hybridized carbons (Fsp3) is 0.200. The van der Waals surface area contributed by atoms with Crippen LogP contribution in [-0.2, 0) is 4.79 Å². The number of imide groups is 1. The minimum absolute atomic E-state index is 0.204. The Kier molecular flexibility index (Phi) is 5.34. The molecule has 0 aliphatic heterocycles. The largest absolute Gasteiger partial charge is 0.341 e. The molecule has 0 aromatic heterocycles. The predicted octanol–water partition coefficient (Wildman–Crippen LogP) is 2.00. The molecule has 0 radical (unpaired) electrons. The van der Waals surface area contributed by atoms with Crippen LogP contribution in [0.3, 0.4) is 0 Å². The zero-order valence-electron chi connectivity index (χ0n) is 8.62. The van der Waals surface area contributed by atoms with E-state index in [0.29, 0.717) is 0 Å². The van der Waals surface area contributed by atoms with Crippen LogP contribution in [0.4, 0.5) is 4.79 Å². The maximum atomic E-state index is 11.3. The second kappa shape index (κ2) is 6.55. The fourth-order valence-corrected chi connectivity index (χ4v) is 2.30. The topological polar surface area (TPSA) is 58.2 Å². The second-order valence-electron chi connectivity index (χ2n) is 2.85. The first kappa shape index (κ1) is 13.1. The highest BCUT2D eigenvalue weighted by atomic mass is 79.9. The van der Waals surface area contributed by atoms with Gasteiger partial charge in [-0.1, -0.05) is 12.1 Å². The Morgan fingerprint density at radius 1 is 1.38 bits per heavy atom. The first-order valence-electron chi connectivity index (χ1n) is 4.52. The van der Waals surface area contributed by atoms with Crippen molar-refractivity contribution in [3.63, 3.8) is 0 Å². The van der Waals surface area contributed by atoms with Crippen LogP contribution in [0.2, 0.25) is 0 Å². The highest BCUT2D eigenvalue weighted by Gasteiger charge is 2.07. The Labute approximate surface area is 106 Å². The van der Waals surface area contributed by atoms with Gasteiger partial charge in [0.15, 0.2) is 0 Å². The number of carbonyl (C=O) groups excluding carboxylic acids is 2. The van der Waals surface area contributed by atoms with Gasteiger partial charge in [0.2, 0.25) is 5.91 Å². The van der Waals surface area contributed by atoms with Crippen LogP contribution in [0, 0.1) is 0 Å². The van der Waals surface area contributed by atoms with Crippen molar-refractivity contribution >= 4 is 39.6 Å². The monoisotopic (exact) mass is 302 g/mol. The highest BCUT2D eigenvalue weighted by Crippen LogP contribution is 2.26. The first-order valence-corrected chi connectivity index (χ1v) is 6.30. The lowest BCUT2D eigenvalue weighted by atomic mass is 10.4. The molecule has 16 heavy (non-hydrogen) atoms. The second-order valence-corrected chi connectivity index (χ2v) is 4.72. The van der Waals surface area contributed by atoms with Crippen LogP contribution < -0.4 is 10.6 Å². The summed E-state index contributed by atoms with van der Waals surface area (Å²) >= 11 is 4.75. The Morgan fingerprint density at radius 2 is 2.06 bits per heavy atom. The van der Waals surface area contributed by atoms with Crippen molar-refractivity contribution in [1.82, 2.24) is 10.6 Å². The number of hydrogen-bond donors (Lipinski definition) is 2. The number of amides is 3. The van der Waals surface area contributed by atoms with Crippen molar-refractivity contribution < 1.29 is 9.59 Å². The molecule has 0 saturated carbocycles. The number of nitrogens with one attached hydrogen (secondary N) is 2. The summed E-state index contributed by atoms with van der Waals surface area (Å²) in [4.78, 5) is 23.1. The maximum absolute atomic E-state index is 11.3. The van der Waals surface area contributed by atoms with Crippen molar-refractivity contribution in [2.75, 3.05) is 12.8 Å². The molecular weight excluding hydrogens is 292 g/mol. The molecule has 0 aliphatic rings. The highest BCUT2D eigenvalue weighted by molar-refractivity contribution is 9.10.